The highest BCUT2D eigenvalue weighted by Crippen LogP contribution is 2.27. The van der Waals surface area contributed by atoms with Crippen LogP contribution in [-0.2, 0) is 4.74 Å². The SMILES string of the molecule is CC(C)Sc1ccccc1C(=O)Nc1ccccc1C(=O)NC[C@H]1CCCO1. The molecule has 28 heavy (non-hydrogen) atoms. The second kappa shape index (κ2) is 9.75. The number of hydrogen-bond acceptors (Lipinski definition) is 4. The van der Waals surface area contributed by atoms with E-state index in [2.05, 4.69) is 24.5 Å². The number of thioether (sulfide) groups is 1. The Morgan fingerprint density at radius 1 is 1.07 bits per heavy atom. The summed E-state index contributed by atoms with van der Waals surface area (Å²) in [7, 11) is 0. The summed E-state index contributed by atoms with van der Waals surface area (Å²) in [5.41, 5.74) is 1.56. The minimum Gasteiger partial charge on any atom is -0.376 e. The third-order valence-corrected chi connectivity index (χ3v) is 5.51. The largest absolute Gasteiger partial charge is 0.376 e. The molecule has 0 unspecified atom stereocenters. The van der Waals surface area contributed by atoms with Gasteiger partial charge in [0.2, 0.25) is 0 Å². The molecule has 0 spiro atoms. The molecule has 1 fully saturated rings. The lowest BCUT2D eigenvalue weighted by atomic mass is 10.1. The summed E-state index contributed by atoms with van der Waals surface area (Å²) in [5.74, 6) is -0.431. The van der Waals surface area contributed by atoms with Gasteiger partial charge in [-0.2, -0.15) is 0 Å². The van der Waals surface area contributed by atoms with Gasteiger partial charge in [-0.3, -0.25) is 9.59 Å². The molecule has 2 N–H and O–H groups in total. The van der Waals surface area contributed by atoms with Gasteiger partial charge in [-0.25, -0.2) is 0 Å². The first kappa shape index (κ1) is 20.4. The Kier molecular flexibility index (Phi) is 7.12. The van der Waals surface area contributed by atoms with Crippen molar-refractivity contribution in [1.82, 2.24) is 5.32 Å². The third kappa shape index (κ3) is 5.36. The molecular weight excluding hydrogens is 372 g/mol. The summed E-state index contributed by atoms with van der Waals surface area (Å²) >= 11 is 1.64. The van der Waals surface area contributed by atoms with Crippen LogP contribution in [0.2, 0.25) is 0 Å². The molecular formula is C22H26N2O3S. The smallest absolute Gasteiger partial charge is 0.256 e. The summed E-state index contributed by atoms with van der Waals surface area (Å²) in [6, 6.07) is 14.6. The van der Waals surface area contributed by atoms with E-state index < -0.39 is 0 Å². The van der Waals surface area contributed by atoms with E-state index in [1.165, 1.54) is 0 Å². The normalized spacial score (nSPS) is 16.2. The predicted molar refractivity (Wildman–Crippen MR) is 113 cm³/mol. The Morgan fingerprint density at radius 3 is 2.50 bits per heavy atom. The molecule has 2 aromatic rings. The van der Waals surface area contributed by atoms with Gasteiger partial charge in [0.25, 0.3) is 11.8 Å². The number of carbonyl (C=O) groups is 2. The quantitative estimate of drug-likeness (QED) is 0.681. The minimum absolute atomic E-state index is 0.0747. The van der Waals surface area contributed by atoms with Gasteiger partial charge < -0.3 is 15.4 Å². The third-order valence-electron chi connectivity index (χ3n) is 4.43. The van der Waals surface area contributed by atoms with E-state index in [4.69, 9.17) is 4.74 Å². The van der Waals surface area contributed by atoms with Crippen LogP contribution in [0.25, 0.3) is 0 Å². The number of benzene rings is 2. The first-order valence-corrected chi connectivity index (χ1v) is 10.5. The minimum atomic E-state index is -0.219. The van der Waals surface area contributed by atoms with Gasteiger partial charge in [0.15, 0.2) is 0 Å². The average Bonchev–Trinajstić information content (AvgIpc) is 3.20. The summed E-state index contributed by atoms with van der Waals surface area (Å²) in [5, 5.41) is 6.18. The highest BCUT2D eigenvalue weighted by molar-refractivity contribution is 8.00. The second-order valence-electron chi connectivity index (χ2n) is 7.01. The van der Waals surface area contributed by atoms with E-state index >= 15 is 0 Å². The van der Waals surface area contributed by atoms with Crippen LogP contribution in [0.5, 0.6) is 0 Å². The van der Waals surface area contributed by atoms with Crippen molar-refractivity contribution in [2.45, 2.75) is 42.9 Å². The van der Waals surface area contributed by atoms with Gasteiger partial charge in [-0.1, -0.05) is 38.1 Å². The molecule has 1 aliphatic heterocycles. The topological polar surface area (TPSA) is 67.4 Å². The van der Waals surface area contributed by atoms with Crippen molar-refractivity contribution in [3.8, 4) is 0 Å². The Morgan fingerprint density at radius 2 is 1.79 bits per heavy atom. The molecule has 0 saturated carbocycles. The molecule has 0 radical (unpaired) electrons. The number of ether oxygens (including phenoxy) is 1. The average molecular weight is 399 g/mol. The summed E-state index contributed by atoms with van der Waals surface area (Å²) in [6.07, 6.45) is 2.06. The fraction of sp³-hybridized carbons (Fsp3) is 0.364. The fourth-order valence-electron chi connectivity index (χ4n) is 3.10. The van der Waals surface area contributed by atoms with E-state index in [0.717, 1.165) is 24.3 Å². The van der Waals surface area contributed by atoms with Crippen molar-refractivity contribution in [2.75, 3.05) is 18.5 Å². The Balaban J connectivity index is 1.72. The number of anilines is 1. The standard InChI is InChI=1S/C22H26N2O3S/c1-15(2)28-20-12-6-4-10-18(20)22(26)24-19-11-5-3-9-17(19)21(25)23-14-16-8-7-13-27-16/h3-6,9-12,15-16H,7-8,13-14H2,1-2H3,(H,23,25)(H,24,26)/t16-/m1/s1. The lowest BCUT2D eigenvalue weighted by molar-refractivity contribution is 0.0858. The zero-order valence-corrected chi connectivity index (χ0v) is 17.1. The second-order valence-corrected chi connectivity index (χ2v) is 8.63. The molecule has 2 amide bonds. The van der Waals surface area contributed by atoms with Crippen LogP contribution in [0.1, 0.15) is 47.4 Å². The van der Waals surface area contributed by atoms with Crippen molar-refractivity contribution in [1.29, 1.82) is 0 Å². The van der Waals surface area contributed by atoms with Crippen molar-refractivity contribution in [3.05, 3.63) is 59.7 Å². The summed E-state index contributed by atoms with van der Waals surface area (Å²) < 4.78 is 5.55. The van der Waals surface area contributed by atoms with Gasteiger partial charge in [0.05, 0.1) is 22.9 Å². The molecule has 1 aliphatic rings. The van der Waals surface area contributed by atoms with Crippen LogP contribution >= 0.6 is 11.8 Å². The molecule has 1 saturated heterocycles. The van der Waals surface area contributed by atoms with Gasteiger partial charge >= 0.3 is 0 Å². The van der Waals surface area contributed by atoms with Crippen LogP contribution in [0.3, 0.4) is 0 Å². The first-order chi connectivity index (χ1) is 13.5. The number of hydrogen-bond donors (Lipinski definition) is 2. The van der Waals surface area contributed by atoms with E-state index in [9.17, 15) is 9.59 Å². The lowest BCUT2D eigenvalue weighted by Gasteiger charge is -2.15. The van der Waals surface area contributed by atoms with Crippen LogP contribution in [0, 0.1) is 0 Å². The maximum Gasteiger partial charge on any atom is 0.256 e. The maximum atomic E-state index is 12.9. The number of nitrogens with one attached hydrogen (secondary N) is 2. The van der Waals surface area contributed by atoms with Gasteiger partial charge in [0, 0.05) is 23.3 Å². The fourth-order valence-corrected chi connectivity index (χ4v) is 4.05. The molecule has 148 valence electrons. The van der Waals surface area contributed by atoms with Gasteiger partial charge in [-0.15, -0.1) is 11.8 Å². The number of amides is 2. The summed E-state index contributed by atoms with van der Waals surface area (Å²) in [4.78, 5) is 26.4. The zero-order chi connectivity index (χ0) is 19.9. The van der Waals surface area contributed by atoms with E-state index in [-0.39, 0.29) is 17.9 Å². The molecule has 1 heterocycles. The molecule has 2 aromatic carbocycles. The first-order valence-electron chi connectivity index (χ1n) is 9.60. The van der Waals surface area contributed by atoms with E-state index in [0.29, 0.717) is 28.6 Å². The Labute approximate surface area is 170 Å². The Bertz CT molecular complexity index is 832. The number of rotatable bonds is 7. The molecule has 5 nitrogen and oxygen atoms in total. The monoisotopic (exact) mass is 398 g/mol. The van der Waals surface area contributed by atoms with Crippen LogP contribution in [0.4, 0.5) is 5.69 Å². The molecule has 6 heteroatoms. The van der Waals surface area contributed by atoms with E-state index in [1.807, 2.05) is 18.2 Å². The van der Waals surface area contributed by atoms with Crippen molar-refractivity contribution < 1.29 is 14.3 Å². The zero-order valence-electron chi connectivity index (χ0n) is 16.2. The molecule has 0 aliphatic carbocycles. The summed E-state index contributed by atoms with van der Waals surface area (Å²) in [6.45, 7) is 5.41. The molecule has 0 aromatic heterocycles. The van der Waals surface area contributed by atoms with Crippen molar-refractivity contribution in [2.24, 2.45) is 0 Å². The van der Waals surface area contributed by atoms with Gasteiger partial charge in [0.1, 0.15) is 0 Å². The van der Waals surface area contributed by atoms with Crippen LogP contribution in [-0.4, -0.2) is 36.3 Å². The highest BCUT2D eigenvalue weighted by Gasteiger charge is 2.19. The van der Waals surface area contributed by atoms with E-state index in [1.54, 1.807) is 42.1 Å². The number of carbonyl (C=O) groups excluding carboxylic acids is 2. The molecule has 1 atom stereocenters. The molecule has 3 rings (SSSR count). The van der Waals surface area contributed by atoms with Crippen LogP contribution < -0.4 is 10.6 Å². The van der Waals surface area contributed by atoms with Crippen LogP contribution in [0.15, 0.2) is 53.4 Å². The maximum absolute atomic E-state index is 12.9. The molecule has 0 bridgehead atoms. The highest BCUT2D eigenvalue weighted by atomic mass is 32.2. The van der Waals surface area contributed by atoms with Crippen molar-refractivity contribution >= 4 is 29.3 Å². The Hall–Kier alpha value is -2.31. The number of para-hydroxylation sites is 1. The van der Waals surface area contributed by atoms with Crippen molar-refractivity contribution in [3.63, 3.8) is 0 Å². The van der Waals surface area contributed by atoms with Gasteiger partial charge in [-0.05, 0) is 37.1 Å². The lowest BCUT2D eigenvalue weighted by Crippen LogP contribution is -2.32. The predicted octanol–water partition coefficient (Wildman–Crippen LogP) is 4.35.